The molecule has 3 aromatic carbocycles. The van der Waals surface area contributed by atoms with Crippen LogP contribution in [0.2, 0.25) is 36.9 Å². The van der Waals surface area contributed by atoms with E-state index in [0.29, 0.717) is 5.92 Å². The van der Waals surface area contributed by atoms with Crippen LogP contribution in [0.1, 0.15) is 25.3 Å². The van der Waals surface area contributed by atoms with E-state index in [2.05, 4.69) is 127 Å². The molecule has 6 rings (SSSR count). The van der Waals surface area contributed by atoms with Crippen LogP contribution in [0.25, 0.3) is 42.7 Å². The van der Waals surface area contributed by atoms with Gasteiger partial charge in [0.1, 0.15) is 0 Å². The molecule has 0 saturated heterocycles. The summed E-state index contributed by atoms with van der Waals surface area (Å²) in [5.74, 6) is 7.87. The van der Waals surface area contributed by atoms with Gasteiger partial charge in [-0.25, -0.2) is 0 Å². The standard InChI is InChI=1S/C23H24GeNS.C14H16NSi.Ir/c1-15(2)16-10-11-25-21(13-16)17-6-8-22-19(12-17)20-14-18(24(3,4)5)7-9-23(20)26-22;1-16(2,3)13-9-10-14(15-11-13)12-7-5-4-6-8-12;/h7-15H,1-5H3;4-7,9-11H,1-3H3;/q2*-1;. The van der Waals surface area contributed by atoms with E-state index < -0.39 is 21.3 Å². The van der Waals surface area contributed by atoms with E-state index in [1.165, 1.54) is 30.9 Å². The summed E-state index contributed by atoms with van der Waals surface area (Å²) in [7, 11) is -1.23. The zero-order valence-corrected chi connectivity index (χ0v) is 32.7. The van der Waals surface area contributed by atoms with Crippen molar-refractivity contribution in [1.29, 1.82) is 0 Å². The fourth-order valence-electron chi connectivity index (χ4n) is 4.84. The minimum absolute atomic E-state index is 0. The van der Waals surface area contributed by atoms with Crippen molar-refractivity contribution < 1.29 is 20.1 Å². The van der Waals surface area contributed by atoms with Gasteiger partial charge in [-0.15, -0.1) is 35.9 Å². The molecule has 0 atom stereocenters. The number of fused-ring (bicyclic) bond motifs is 3. The average Bonchev–Trinajstić information content (AvgIpc) is 3.34. The minimum atomic E-state index is -1.84. The summed E-state index contributed by atoms with van der Waals surface area (Å²) < 4.78 is 4.23. The van der Waals surface area contributed by atoms with Gasteiger partial charge in [-0.05, 0) is 10.9 Å². The first kappa shape index (κ1) is 33.5. The number of hydrogen-bond acceptors (Lipinski definition) is 3. The molecule has 43 heavy (non-hydrogen) atoms. The second-order valence-corrected chi connectivity index (χ2v) is 30.1. The molecule has 223 valence electrons. The Labute approximate surface area is 278 Å². The van der Waals surface area contributed by atoms with Gasteiger partial charge in [0.25, 0.3) is 0 Å². The van der Waals surface area contributed by atoms with Crippen LogP contribution in [0.3, 0.4) is 0 Å². The summed E-state index contributed by atoms with van der Waals surface area (Å²) in [5, 5.41) is 4.12. The number of hydrogen-bond donors (Lipinski definition) is 0. The summed E-state index contributed by atoms with van der Waals surface area (Å²) in [4.78, 5) is 9.12. The zero-order chi connectivity index (χ0) is 30.1. The van der Waals surface area contributed by atoms with Crippen LogP contribution in [-0.4, -0.2) is 31.3 Å². The molecule has 0 bridgehead atoms. The van der Waals surface area contributed by atoms with E-state index in [9.17, 15) is 0 Å². The van der Waals surface area contributed by atoms with E-state index in [1.54, 1.807) is 4.40 Å². The van der Waals surface area contributed by atoms with Crippen LogP contribution >= 0.6 is 11.3 Å². The Hall–Kier alpha value is -2.41. The zero-order valence-electron chi connectivity index (χ0n) is 26.4. The maximum absolute atomic E-state index is 4.60. The van der Waals surface area contributed by atoms with Crippen LogP contribution in [0, 0.1) is 12.1 Å². The van der Waals surface area contributed by atoms with Crippen molar-refractivity contribution in [3.05, 3.63) is 109 Å². The van der Waals surface area contributed by atoms with E-state index in [-0.39, 0.29) is 20.1 Å². The molecule has 2 nitrogen and oxygen atoms in total. The summed E-state index contributed by atoms with van der Waals surface area (Å²) in [6, 6.07) is 34.7. The van der Waals surface area contributed by atoms with E-state index in [4.69, 9.17) is 0 Å². The van der Waals surface area contributed by atoms with Gasteiger partial charge in [-0.2, -0.15) is 0 Å². The second kappa shape index (κ2) is 13.7. The van der Waals surface area contributed by atoms with Crippen molar-refractivity contribution in [3.8, 4) is 22.5 Å². The van der Waals surface area contributed by atoms with Gasteiger partial charge in [0.05, 0.1) is 8.07 Å². The first-order chi connectivity index (χ1) is 19.9. The molecule has 0 fully saturated rings. The largest absolute Gasteiger partial charge is 0.305 e. The second-order valence-electron chi connectivity index (χ2n) is 13.3. The predicted octanol–water partition coefficient (Wildman–Crippen LogP) is 9.68. The van der Waals surface area contributed by atoms with Gasteiger partial charge in [0, 0.05) is 26.3 Å². The number of nitrogens with zero attached hydrogens (tertiary/aromatic N) is 2. The normalized spacial score (nSPS) is 11.7. The van der Waals surface area contributed by atoms with E-state index >= 15 is 0 Å². The monoisotopic (exact) mass is 839 g/mol. The maximum Gasteiger partial charge on any atom is 0.0795 e. The van der Waals surface area contributed by atoms with Gasteiger partial charge < -0.3 is 4.98 Å². The van der Waals surface area contributed by atoms with Crippen LogP contribution in [-0.2, 0) is 20.1 Å². The van der Waals surface area contributed by atoms with E-state index in [1.807, 2.05) is 48.0 Å². The number of benzene rings is 3. The van der Waals surface area contributed by atoms with Gasteiger partial charge in [0.2, 0.25) is 0 Å². The predicted molar refractivity (Wildman–Crippen MR) is 190 cm³/mol. The number of thiophene rings is 1. The molecule has 0 N–H and O–H groups in total. The van der Waals surface area contributed by atoms with Crippen molar-refractivity contribution in [3.63, 3.8) is 0 Å². The number of rotatable bonds is 5. The fraction of sp³-hybridized carbons (Fsp3) is 0.243. The Morgan fingerprint density at radius 3 is 2.16 bits per heavy atom. The molecule has 6 heteroatoms. The molecule has 0 saturated carbocycles. The smallest absolute Gasteiger partial charge is 0.0795 e. The fourth-order valence-corrected chi connectivity index (χ4v) is 9.36. The molecule has 0 unspecified atom stereocenters. The van der Waals surface area contributed by atoms with Crippen molar-refractivity contribution in [2.45, 2.75) is 56.7 Å². The first-order valence-corrected chi connectivity index (χ1v) is 26.3. The van der Waals surface area contributed by atoms with Gasteiger partial charge in [0.15, 0.2) is 0 Å². The average molecular weight is 838 g/mol. The molecule has 0 aliphatic heterocycles. The van der Waals surface area contributed by atoms with Gasteiger partial charge >= 0.3 is 163 Å². The van der Waals surface area contributed by atoms with Crippen molar-refractivity contribution >= 4 is 62.4 Å². The third-order valence-corrected chi connectivity index (χ3v) is 15.1. The van der Waals surface area contributed by atoms with Crippen LogP contribution in [0.4, 0.5) is 0 Å². The van der Waals surface area contributed by atoms with Crippen LogP contribution in [0.5, 0.6) is 0 Å². The molecule has 3 aromatic heterocycles. The number of pyridine rings is 2. The van der Waals surface area contributed by atoms with Gasteiger partial charge in [-0.3, -0.25) is 0 Å². The summed E-state index contributed by atoms with van der Waals surface area (Å²) in [6.45, 7) is 11.4. The molecular weight excluding hydrogens is 797 g/mol. The molecule has 0 aliphatic carbocycles. The third kappa shape index (κ3) is 8.01. The Morgan fingerprint density at radius 1 is 0.767 bits per heavy atom. The molecular formula is C37H40GeIrN2SSi-2. The summed E-state index contributed by atoms with van der Waals surface area (Å²) in [5.41, 5.74) is 5.48. The molecule has 0 aliphatic rings. The summed E-state index contributed by atoms with van der Waals surface area (Å²) in [6.07, 6.45) is 3.93. The topological polar surface area (TPSA) is 25.8 Å². The Kier molecular flexibility index (Phi) is 10.7. The summed E-state index contributed by atoms with van der Waals surface area (Å²) >= 11 is 0.0209. The SMILES string of the molecule is CC(C)c1ccnc(-c2[c-]cc3sc4cc[c]([Ge]([CH3])([CH3])[CH3])cc4c3c2)c1.C[Si](C)(C)c1ccc(-c2[c-]cccc2)nc1.[Ir]. The Morgan fingerprint density at radius 2 is 1.53 bits per heavy atom. The Bertz CT molecular complexity index is 1820. The minimum Gasteiger partial charge on any atom is -0.305 e. The Balaban J connectivity index is 0.000000215. The van der Waals surface area contributed by atoms with Gasteiger partial charge in [-0.1, -0.05) is 31.8 Å². The molecule has 3 heterocycles. The van der Waals surface area contributed by atoms with Crippen molar-refractivity contribution in [2.24, 2.45) is 0 Å². The first-order valence-electron chi connectivity index (χ1n) is 14.7. The molecule has 6 aromatic rings. The maximum atomic E-state index is 4.60. The molecule has 1 radical (unpaired) electrons. The molecule has 0 amide bonds. The number of aromatic nitrogens is 2. The van der Waals surface area contributed by atoms with Crippen LogP contribution in [0.15, 0.2) is 91.3 Å². The van der Waals surface area contributed by atoms with Crippen molar-refractivity contribution in [1.82, 2.24) is 9.97 Å². The third-order valence-electron chi connectivity index (χ3n) is 7.61. The van der Waals surface area contributed by atoms with Crippen LogP contribution < -0.4 is 9.58 Å². The van der Waals surface area contributed by atoms with Crippen molar-refractivity contribution in [2.75, 3.05) is 0 Å². The quantitative estimate of drug-likeness (QED) is 0.128. The molecule has 0 spiro atoms. The van der Waals surface area contributed by atoms with E-state index in [0.717, 1.165) is 22.5 Å².